The minimum atomic E-state index is -0.934. The van der Waals surface area contributed by atoms with Gasteiger partial charge in [-0.3, -0.25) is 4.79 Å². The van der Waals surface area contributed by atoms with Gasteiger partial charge in [0.1, 0.15) is 17.3 Å². The van der Waals surface area contributed by atoms with Crippen LogP contribution in [0.1, 0.15) is 43.3 Å². The fraction of sp³-hybridized carbons (Fsp3) is 0.400. The lowest BCUT2D eigenvalue weighted by Gasteiger charge is -2.29. The van der Waals surface area contributed by atoms with E-state index < -0.39 is 6.10 Å². The van der Waals surface area contributed by atoms with E-state index in [-0.39, 0.29) is 30.3 Å². The van der Waals surface area contributed by atoms with Gasteiger partial charge in [-0.15, -0.1) is 0 Å². The highest BCUT2D eigenvalue weighted by atomic mass is 16.5. The van der Waals surface area contributed by atoms with Gasteiger partial charge in [0.15, 0.2) is 12.4 Å². The van der Waals surface area contributed by atoms with Crippen LogP contribution in [0.25, 0.3) is 11.4 Å². The molecule has 1 unspecified atom stereocenters. The summed E-state index contributed by atoms with van der Waals surface area (Å²) in [5.74, 6) is 1.58. The van der Waals surface area contributed by atoms with E-state index in [1.54, 1.807) is 0 Å². The number of benzene rings is 2. The summed E-state index contributed by atoms with van der Waals surface area (Å²) in [5, 5.41) is 31.5. The zero-order valence-corrected chi connectivity index (χ0v) is 19.9. The number of aliphatic hydroxyl groups is 1. The number of phenolic OH excluding ortho intramolecular Hbond substituents is 1. The summed E-state index contributed by atoms with van der Waals surface area (Å²) in [4.78, 5) is 16.2. The SMILES string of the molecule is Cc1ccc(-c2nc(C)n(CCC(C)(C)NCC(O)c3cc(O)cc4c3OCC(=O)N4)n2)cc1. The Morgan fingerprint density at radius 1 is 1.24 bits per heavy atom. The average Bonchev–Trinajstić information content (AvgIpc) is 3.16. The second-order valence-corrected chi connectivity index (χ2v) is 9.35. The predicted octanol–water partition coefficient (Wildman–Crippen LogP) is 3.09. The van der Waals surface area contributed by atoms with Crippen molar-refractivity contribution in [2.45, 2.75) is 52.3 Å². The molecule has 1 aliphatic rings. The van der Waals surface area contributed by atoms with Crippen LogP contribution in [-0.4, -0.2) is 49.6 Å². The molecule has 34 heavy (non-hydrogen) atoms. The number of nitrogens with one attached hydrogen (secondary N) is 2. The molecule has 9 nitrogen and oxygen atoms in total. The molecule has 0 bridgehead atoms. The van der Waals surface area contributed by atoms with Gasteiger partial charge in [0.05, 0.1) is 11.8 Å². The van der Waals surface area contributed by atoms with Gasteiger partial charge >= 0.3 is 0 Å². The molecule has 9 heteroatoms. The van der Waals surface area contributed by atoms with Crippen molar-refractivity contribution in [1.82, 2.24) is 20.1 Å². The molecule has 0 saturated carbocycles. The molecule has 180 valence electrons. The molecule has 0 saturated heterocycles. The number of anilines is 1. The smallest absolute Gasteiger partial charge is 0.262 e. The Hall–Kier alpha value is -3.43. The Bertz CT molecular complexity index is 1190. The number of fused-ring (bicyclic) bond motifs is 1. The number of ether oxygens (including phenoxy) is 1. The van der Waals surface area contributed by atoms with Crippen molar-refractivity contribution in [3.05, 3.63) is 53.3 Å². The molecule has 4 rings (SSSR count). The van der Waals surface area contributed by atoms with Gasteiger partial charge in [-0.1, -0.05) is 29.8 Å². The average molecular weight is 466 g/mol. The Morgan fingerprint density at radius 3 is 2.71 bits per heavy atom. The number of hydrogen-bond donors (Lipinski definition) is 4. The summed E-state index contributed by atoms with van der Waals surface area (Å²) in [6.07, 6.45) is -0.182. The maximum Gasteiger partial charge on any atom is 0.262 e. The first-order valence-corrected chi connectivity index (χ1v) is 11.3. The number of aryl methyl sites for hydroxylation is 3. The second-order valence-electron chi connectivity index (χ2n) is 9.35. The number of aromatic nitrogens is 3. The van der Waals surface area contributed by atoms with Crippen LogP contribution in [0, 0.1) is 13.8 Å². The van der Waals surface area contributed by atoms with Crippen molar-refractivity contribution < 1.29 is 19.7 Å². The van der Waals surface area contributed by atoms with Crippen LogP contribution < -0.4 is 15.4 Å². The van der Waals surface area contributed by atoms with Crippen LogP contribution in [0.3, 0.4) is 0 Å². The van der Waals surface area contributed by atoms with Gasteiger partial charge in [0.2, 0.25) is 0 Å². The van der Waals surface area contributed by atoms with Crippen LogP contribution in [0.2, 0.25) is 0 Å². The molecule has 2 heterocycles. The van der Waals surface area contributed by atoms with Crippen LogP contribution in [0.15, 0.2) is 36.4 Å². The largest absolute Gasteiger partial charge is 0.508 e. The molecule has 0 radical (unpaired) electrons. The van der Waals surface area contributed by atoms with Crippen LogP contribution in [-0.2, 0) is 11.3 Å². The maximum atomic E-state index is 11.6. The number of carbonyl (C=O) groups excluding carboxylic acids is 1. The van der Waals surface area contributed by atoms with Gasteiger partial charge in [-0.05, 0) is 40.2 Å². The van der Waals surface area contributed by atoms with Crippen LogP contribution in [0.4, 0.5) is 5.69 Å². The Morgan fingerprint density at radius 2 is 1.97 bits per heavy atom. The third kappa shape index (κ3) is 5.37. The molecule has 2 aromatic carbocycles. The van der Waals surface area contributed by atoms with E-state index in [2.05, 4.69) is 34.6 Å². The number of aliphatic hydroxyl groups excluding tert-OH is 1. The minimum Gasteiger partial charge on any atom is -0.508 e. The monoisotopic (exact) mass is 465 g/mol. The minimum absolute atomic E-state index is 0.0519. The van der Waals surface area contributed by atoms with E-state index in [0.29, 0.717) is 29.4 Å². The molecular weight excluding hydrogens is 434 g/mol. The lowest BCUT2D eigenvalue weighted by atomic mass is 9.99. The van der Waals surface area contributed by atoms with Gasteiger partial charge in [0, 0.05) is 35.8 Å². The predicted molar refractivity (Wildman–Crippen MR) is 129 cm³/mol. The Kier molecular flexibility index (Phi) is 6.58. The third-order valence-electron chi connectivity index (χ3n) is 5.97. The van der Waals surface area contributed by atoms with Gasteiger partial charge in [-0.25, -0.2) is 9.67 Å². The summed E-state index contributed by atoms with van der Waals surface area (Å²) in [6.45, 7) is 8.88. The quantitative estimate of drug-likeness (QED) is 0.403. The molecule has 1 aliphatic heterocycles. The van der Waals surface area contributed by atoms with Gasteiger partial charge < -0.3 is 25.6 Å². The van der Waals surface area contributed by atoms with Crippen LogP contribution >= 0.6 is 0 Å². The summed E-state index contributed by atoms with van der Waals surface area (Å²) in [5.41, 5.74) is 2.65. The molecule has 3 aromatic rings. The second kappa shape index (κ2) is 9.44. The Labute approximate surface area is 198 Å². The molecule has 1 aromatic heterocycles. The van der Waals surface area contributed by atoms with Crippen LogP contribution in [0.5, 0.6) is 11.5 Å². The Balaban J connectivity index is 1.38. The third-order valence-corrected chi connectivity index (χ3v) is 5.97. The number of β-amino-alcohol motifs (C(OH)–C–C–N with tert-alkyl or cyclic N) is 1. The lowest BCUT2D eigenvalue weighted by molar-refractivity contribution is -0.118. The molecule has 0 fully saturated rings. The summed E-state index contributed by atoms with van der Waals surface area (Å²) in [7, 11) is 0. The number of carbonyl (C=O) groups is 1. The number of amides is 1. The van der Waals surface area contributed by atoms with Crippen molar-refractivity contribution in [3.8, 4) is 22.9 Å². The zero-order chi connectivity index (χ0) is 24.5. The van der Waals surface area contributed by atoms with E-state index in [0.717, 1.165) is 17.8 Å². The van der Waals surface area contributed by atoms with E-state index in [9.17, 15) is 15.0 Å². The number of aromatic hydroxyl groups is 1. The van der Waals surface area contributed by atoms with E-state index in [1.807, 2.05) is 42.8 Å². The first-order chi connectivity index (χ1) is 16.1. The van der Waals surface area contributed by atoms with Crippen molar-refractivity contribution in [2.75, 3.05) is 18.5 Å². The first-order valence-electron chi connectivity index (χ1n) is 11.3. The lowest BCUT2D eigenvalue weighted by Crippen LogP contribution is -2.42. The summed E-state index contributed by atoms with van der Waals surface area (Å²) < 4.78 is 7.41. The van der Waals surface area contributed by atoms with E-state index in [1.165, 1.54) is 17.7 Å². The van der Waals surface area contributed by atoms with Crippen molar-refractivity contribution in [3.63, 3.8) is 0 Å². The highest BCUT2D eigenvalue weighted by molar-refractivity contribution is 5.96. The number of rotatable bonds is 8. The molecule has 1 atom stereocenters. The van der Waals surface area contributed by atoms with Gasteiger partial charge in [0.25, 0.3) is 5.91 Å². The standard InChI is InChI=1S/C25H31N5O4/c1-15-5-7-17(8-6-15)24-27-16(2)30(29-24)10-9-25(3,4)26-13-21(32)19-11-18(31)12-20-23(19)34-14-22(33)28-20/h5-8,11-12,21,26,31-32H,9-10,13-14H2,1-4H3,(H,28,33). The topological polar surface area (TPSA) is 122 Å². The summed E-state index contributed by atoms with van der Waals surface area (Å²) >= 11 is 0. The van der Waals surface area contributed by atoms with E-state index in [4.69, 9.17) is 4.74 Å². The molecule has 1 amide bonds. The fourth-order valence-electron chi connectivity index (χ4n) is 3.87. The highest BCUT2D eigenvalue weighted by Gasteiger charge is 2.26. The van der Waals surface area contributed by atoms with Crippen molar-refractivity contribution in [1.29, 1.82) is 0 Å². The highest BCUT2D eigenvalue weighted by Crippen LogP contribution is 2.38. The molecule has 4 N–H and O–H groups in total. The maximum absolute atomic E-state index is 11.6. The normalized spacial score (nSPS) is 14.3. The van der Waals surface area contributed by atoms with Crippen molar-refractivity contribution >= 4 is 11.6 Å². The number of hydrogen-bond acceptors (Lipinski definition) is 7. The fourth-order valence-corrected chi connectivity index (χ4v) is 3.87. The zero-order valence-electron chi connectivity index (χ0n) is 19.9. The van der Waals surface area contributed by atoms with E-state index >= 15 is 0 Å². The van der Waals surface area contributed by atoms with Crippen molar-refractivity contribution in [2.24, 2.45) is 0 Å². The first kappa shape index (κ1) is 23.7. The molecule has 0 spiro atoms. The number of nitrogens with zero attached hydrogens (tertiary/aromatic N) is 3. The molecule has 0 aliphatic carbocycles. The summed E-state index contributed by atoms with van der Waals surface area (Å²) in [6, 6.07) is 11.0. The number of phenols is 1. The van der Waals surface area contributed by atoms with Gasteiger partial charge in [-0.2, -0.15) is 5.10 Å². The molecular formula is C25H31N5O4.